The van der Waals surface area contributed by atoms with E-state index in [0.717, 1.165) is 50.3 Å². The van der Waals surface area contributed by atoms with Crippen molar-refractivity contribution in [1.82, 2.24) is 0 Å². The Labute approximate surface area is 216 Å². The van der Waals surface area contributed by atoms with E-state index < -0.39 is 52.1 Å². The minimum absolute atomic E-state index is 0.00495. The molecule has 1 fully saturated rings. The molecule has 0 amide bonds. The van der Waals surface area contributed by atoms with E-state index in [1.165, 1.54) is 6.42 Å². The molecule has 0 saturated carbocycles. The van der Waals surface area contributed by atoms with Crippen molar-refractivity contribution in [2.24, 2.45) is 5.92 Å². The summed E-state index contributed by atoms with van der Waals surface area (Å²) >= 11 is 0. The van der Waals surface area contributed by atoms with Crippen molar-refractivity contribution in [2.45, 2.75) is 58.2 Å². The fraction of sp³-hybridized carbons (Fsp3) is 0.379. The third-order valence-electron chi connectivity index (χ3n) is 6.88. The number of halogens is 7. The first-order chi connectivity index (χ1) is 18.0. The molecular formula is C29H27F7O2. The van der Waals surface area contributed by atoms with Crippen molar-refractivity contribution in [2.75, 3.05) is 6.61 Å². The van der Waals surface area contributed by atoms with Crippen LogP contribution in [0, 0.1) is 41.9 Å². The van der Waals surface area contributed by atoms with Crippen LogP contribution in [0.25, 0.3) is 11.1 Å². The molecule has 1 aliphatic heterocycles. The number of unbranched alkanes of at least 4 members (excludes halogenated alkanes) is 1. The predicted molar refractivity (Wildman–Crippen MR) is 128 cm³/mol. The average molecular weight is 541 g/mol. The number of alkyl halides is 2. The molecule has 1 aliphatic rings. The Morgan fingerprint density at radius 3 is 2.11 bits per heavy atom. The Morgan fingerprint density at radius 1 is 0.868 bits per heavy atom. The summed E-state index contributed by atoms with van der Waals surface area (Å²) in [6, 6.07) is 8.42. The van der Waals surface area contributed by atoms with Gasteiger partial charge in [-0.1, -0.05) is 44.0 Å². The minimum Gasteiger partial charge on any atom is -0.428 e. The molecular weight excluding hydrogens is 513 g/mol. The molecule has 0 spiro atoms. The van der Waals surface area contributed by atoms with Crippen LogP contribution in [-0.2, 0) is 10.8 Å². The summed E-state index contributed by atoms with van der Waals surface area (Å²) < 4.78 is 110. The highest BCUT2D eigenvalue weighted by atomic mass is 19.3. The number of hydrogen-bond donors (Lipinski definition) is 0. The number of hydrogen-bond acceptors (Lipinski definition) is 2. The zero-order valence-corrected chi connectivity index (χ0v) is 20.9. The second kappa shape index (κ2) is 11.4. The van der Waals surface area contributed by atoms with Gasteiger partial charge in [0.25, 0.3) is 0 Å². The maximum Gasteiger partial charge on any atom is 0.432 e. The molecule has 2 nitrogen and oxygen atoms in total. The lowest BCUT2D eigenvalue weighted by Crippen LogP contribution is -2.26. The van der Waals surface area contributed by atoms with Gasteiger partial charge in [-0.05, 0) is 60.9 Å². The molecule has 2 unspecified atom stereocenters. The molecule has 3 aromatic carbocycles. The van der Waals surface area contributed by atoms with Gasteiger partial charge in [0.15, 0.2) is 17.5 Å². The minimum atomic E-state index is -4.65. The molecule has 3 aromatic rings. The maximum atomic E-state index is 14.8. The molecule has 0 aromatic heterocycles. The zero-order valence-electron chi connectivity index (χ0n) is 20.9. The third kappa shape index (κ3) is 5.82. The average Bonchev–Trinajstić information content (AvgIpc) is 2.89. The van der Waals surface area contributed by atoms with Crippen LogP contribution in [0.4, 0.5) is 30.7 Å². The van der Waals surface area contributed by atoms with Crippen molar-refractivity contribution in [1.29, 1.82) is 0 Å². The van der Waals surface area contributed by atoms with Crippen LogP contribution >= 0.6 is 0 Å². The first kappa shape index (κ1) is 28.0. The van der Waals surface area contributed by atoms with Crippen molar-refractivity contribution < 1.29 is 40.2 Å². The Balaban J connectivity index is 1.52. The van der Waals surface area contributed by atoms with Crippen LogP contribution in [0.1, 0.15) is 61.8 Å². The molecule has 1 heterocycles. The third-order valence-corrected chi connectivity index (χ3v) is 6.88. The monoisotopic (exact) mass is 540 g/mol. The maximum absolute atomic E-state index is 14.8. The van der Waals surface area contributed by atoms with Crippen LogP contribution in [-0.4, -0.2) is 6.61 Å². The van der Waals surface area contributed by atoms with Crippen LogP contribution in [0.5, 0.6) is 5.75 Å². The van der Waals surface area contributed by atoms with Crippen molar-refractivity contribution in [3.8, 4) is 16.9 Å². The van der Waals surface area contributed by atoms with Crippen LogP contribution in [0.2, 0.25) is 0 Å². The van der Waals surface area contributed by atoms with Crippen LogP contribution in [0.15, 0.2) is 42.5 Å². The van der Waals surface area contributed by atoms with Gasteiger partial charge in [-0.2, -0.15) is 8.78 Å². The van der Waals surface area contributed by atoms with Gasteiger partial charge in [-0.25, -0.2) is 22.0 Å². The lowest BCUT2D eigenvalue weighted by atomic mass is 9.90. The Morgan fingerprint density at radius 2 is 1.53 bits per heavy atom. The number of ether oxygens (including phenoxy) is 2. The fourth-order valence-corrected chi connectivity index (χ4v) is 4.66. The second-order valence-corrected chi connectivity index (χ2v) is 9.57. The number of benzene rings is 3. The van der Waals surface area contributed by atoms with E-state index in [1.54, 1.807) is 24.3 Å². The lowest BCUT2D eigenvalue weighted by Gasteiger charge is -2.29. The Kier molecular flexibility index (Phi) is 8.35. The summed E-state index contributed by atoms with van der Waals surface area (Å²) in [6.07, 6.45) is 0.627. The molecule has 38 heavy (non-hydrogen) atoms. The van der Waals surface area contributed by atoms with Gasteiger partial charge < -0.3 is 9.47 Å². The summed E-state index contributed by atoms with van der Waals surface area (Å²) in [7, 11) is 0. The first-order valence-corrected chi connectivity index (χ1v) is 12.4. The summed E-state index contributed by atoms with van der Waals surface area (Å²) in [5.74, 6) is -9.20. The molecule has 4 rings (SSSR count). The molecule has 0 radical (unpaired) electrons. The highest BCUT2D eigenvalue weighted by molar-refractivity contribution is 5.64. The normalized spacial score (nSPS) is 18.0. The van der Waals surface area contributed by atoms with E-state index in [0.29, 0.717) is 18.1 Å². The second-order valence-electron chi connectivity index (χ2n) is 9.57. The lowest BCUT2D eigenvalue weighted by molar-refractivity contribution is -0.190. The van der Waals surface area contributed by atoms with Gasteiger partial charge in [0.2, 0.25) is 0 Å². The van der Waals surface area contributed by atoms with Crippen LogP contribution in [0.3, 0.4) is 0 Å². The molecule has 2 atom stereocenters. The van der Waals surface area contributed by atoms with E-state index in [9.17, 15) is 30.7 Å². The van der Waals surface area contributed by atoms with E-state index >= 15 is 0 Å². The van der Waals surface area contributed by atoms with Crippen LogP contribution < -0.4 is 4.74 Å². The summed E-state index contributed by atoms with van der Waals surface area (Å²) in [4.78, 5) is 0. The van der Waals surface area contributed by atoms with E-state index in [2.05, 4.69) is 11.7 Å². The smallest absolute Gasteiger partial charge is 0.428 e. The first-order valence-electron chi connectivity index (χ1n) is 12.4. The molecule has 1 saturated heterocycles. The Bertz CT molecular complexity index is 1260. The highest BCUT2D eigenvalue weighted by Gasteiger charge is 2.42. The van der Waals surface area contributed by atoms with Gasteiger partial charge in [-0.15, -0.1) is 0 Å². The molecule has 0 aliphatic carbocycles. The van der Waals surface area contributed by atoms with Gasteiger partial charge in [-0.3, -0.25) is 0 Å². The summed E-state index contributed by atoms with van der Waals surface area (Å²) in [6.45, 7) is 3.70. The van der Waals surface area contributed by atoms with Crippen molar-refractivity contribution >= 4 is 0 Å². The molecule has 0 N–H and O–H groups in total. The van der Waals surface area contributed by atoms with Gasteiger partial charge in [0.1, 0.15) is 22.9 Å². The highest BCUT2D eigenvalue weighted by Crippen LogP contribution is 2.39. The van der Waals surface area contributed by atoms with E-state index in [4.69, 9.17) is 4.74 Å². The van der Waals surface area contributed by atoms with E-state index in [1.807, 2.05) is 0 Å². The zero-order chi connectivity index (χ0) is 27.6. The van der Waals surface area contributed by atoms with Crippen molar-refractivity contribution in [3.05, 3.63) is 88.2 Å². The summed E-state index contributed by atoms with van der Waals surface area (Å²) in [5, 5.41) is 0. The standard InChI is InChI=1S/C29H27F7O2/c1-3-4-5-17-6-11-24(37-15-17)19-9-7-18(8-10-19)20-12-21(30)26(22(31)13-20)29(35,36)38-25-14-23(32)28(34)27(33)16(25)2/h7-10,12-14,17,24H,3-6,11,15H2,1-2H3. The van der Waals surface area contributed by atoms with Crippen molar-refractivity contribution in [3.63, 3.8) is 0 Å². The molecule has 9 heteroatoms. The molecule has 204 valence electrons. The quantitative estimate of drug-likeness (QED) is 0.210. The Hall–Kier alpha value is -3.07. The SMILES string of the molecule is CCCCC1CCC(c2ccc(-c3cc(F)c(C(F)(F)Oc4cc(F)c(F)c(F)c4C)c(F)c3)cc2)OC1. The van der Waals surface area contributed by atoms with E-state index in [-0.39, 0.29) is 17.7 Å². The summed E-state index contributed by atoms with van der Waals surface area (Å²) in [5.41, 5.74) is -1.22. The fourth-order valence-electron chi connectivity index (χ4n) is 4.66. The predicted octanol–water partition coefficient (Wildman–Crippen LogP) is 9.14. The van der Waals surface area contributed by atoms with Gasteiger partial charge in [0, 0.05) is 11.6 Å². The van der Waals surface area contributed by atoms with Gasteiger partial charge >= 0.3 is 6.11 Å². The molecule has 0 bridgehead atoms. The van der Waals surface area contributed by atoms with Gasteiger partial charge in [0.05, 0.1) is 12.7 Å². The topological polar surface area (TPSA) is 18.5 Å². The largest absolute Gasteiger partial charge is 0.432 e. The number of rotatable bonds is 8.